The zero-order chi connectivity index (χ0) is 15.4. The van der Waals surface area contributed by atoms with Crippen molar-refractivity contribution in [3.05, 3.63) is 64.0 Å². The highest BCUT2D eigenvalue weighted by Crippen LogP contribution is 2.21. The summed E-state index contributed by atoms with van der Waals surface area (Å²) in [5.41, 5.74) is 4.24. The number of H-pyrrole nitrogens is 1. The number of hydrogen-bond donors (Lipinski definition) is 2. The van der Waals surface area contributed by atoms with Gasteiger partial charge >= 0.3 is 0 Å². The first-order valence-electron chi connectivity index (χ1n) is 7.11. The normalized spacial score (nSPS) is 10.6. The number of amides is 1. The van der Waals surface area contributed by atoms with E-state index in [1.807, 2.05) is 17.5 Å². The lowest BCUT2D eigenvalue weighted by Crippen LogP contribution is -2.24. The Hall–Kier alpha value is -2.40. The zero-order valence-electron chi connectivity index (χ0n) is 12.3. The third kappa shape index (κ3) is 3.43. The lowest BCUT2D eigenvalue weighted by atomic mass is 10.1. The van der Waals surface area contributed by atoms with Crippen LogP contribution in [0.2, 0.25) is 0 Å². The van der Waals surface area contributed by atoms with Crippen molar-refractivity contribution < 1.29 is 4.79 Å². The minimum atomic E-state index is 0.0264. The Bertz CT molecular complexity index is 745. The monoisotopic (exact) mass is 311 g/mol. The largest absolute Gasteiger partial charge is 0.352 e. The van der Waals surface area contributed by atoms with E-state index in [-0.39, 0.29) is 5.91 Å². The van der Waals surface area contributed by atoms with E-state index >= 15 is 0 Å². The minimum Gasteiger partial charge on any atom is -0.352 e. The number of nitrogens with one attached hydrogen (secondary N) is 2. The van der Waals surface area contributed by atoms with Gasteiger partial charge in [-0.05, 0) is 23.9 Å². The van der Waals surface area contributed by atoms with Gasteiger partial charge in [0.05, 0.1) is 18.3 Å². The van der Waals surface area contributed by atoms with E-state index in [4.69, 9.17) is 0 Å². The Morgan fingerprint density at radius 1 is 1.27 bits per heavy atom. The first-order chi connectivity index (χ1) is 10.7. The van der Waals surface area contributed by atoms with E-state index in [1.165, 1.54) is 5.56 Å². The van der Waals surface area contributed by atoms with Crippen LogP contribution < -0.4 is 5.32 Å². The first-order valence-corrected chi connectivity index (χ1v) is 7.99. The van der Waals surface area contributed by atoms with E-state index in [1.54, 1.807) is 17.5 Å². The molecule has 2 aromatic heterocycles. The van der Waals surface area contributed by atoms with Crippen LogP contribution in [0.5, 0.6) is 0 Å². The second kappa shape index (κ2) is 6.58. The van der Waals surface area contributed by atoms with Crippen LogP contribution in [-0.4, -0.2) is 16.1 Å². The molecule has 0 aliphatic rings. The van der Waals surface area contributed by atoms with Crippen LogP contribution in [0.1, 0.15) is 16.0 Å². The third-order valence-electron chi connectivity index (χ3n) is 3.45. The number of carbonyl (C=O) groups excluding carboxylic acids is 1. The van der Waals surface area contributed by atoms with Crippen molar-refractivity contribution in [2.24, 2.45) is 0 Å². The second-order valence-corrected chi connectivity index (χ2v) is 6.20. The fourth-order valence-corrected chi connectivity index (χ4v) is 2.95. The summed E-state index contributed by atoms with van der Waals surface area (Å²) in [5, 5.41) is 12.0. The van der Waals surface area contributed by atoms with Crippen LogP contribution in [0.15, 0.2) is 48.0 Å². The number of aromatic amines is 1. The molecule has 1 aromatic carbocycles. The molecule has 0 spiro atoms. The highest BCUT2D eigenvalue weighted by Gasteiger charge is 2.10. The molecule has 0 saturated heterocycles. The number of carbonyl (C=O) groups is 1. The maximum Gasteiger partial charge on any atom is 0.225 e. The summed E-state index contributed by atoms with van der Waals surface area (Å²) in [6, 6.07) is 12.2. The zero-order valence-corrected chi connectivity index (χ0v) is 13.1. The van der Waals surface area contributed by atoms with Gasteiger partial charge in [0.15, 0.2) is 0 Å². The fraction of sp³-hybridized carbons (Fsp3) is 0.176. The topological polar surface area (TPSA) is 57.8 Å². The van der Waals surface area contributed by atoms with Gasteiger partial charge in [-0.2, -0.15) is 5.10 Å². The van der Waals surface area contributed by atoms with Crippen LogP contribution in [-0.2, 0) is 17.8 Å². The summed E-state index contributed by atoms with van der Waals surface area (Å²) >= 11 is 1.60. The van der Waals surface area contributed by atoms with Crippen molar-refractivity contribution in [2.75, 3.05) is 0 Å². The van der Waals surface area contributed by atoms with Crippen LogP contribution in [0, 0.1) is 6.92 Å². The standard InChI is InChI=1S/C17H17N3OS/c1-12-4-6-13(7-5-12)17-14(11-19-20-17)10-18-16(21)9-15-3-2-8-22-15/h2-8,11H,9-10H2,1H3,(H,18,21)(H,19,20). The van der Waals surface area contributed by atoms with E-state index in [2.05, 4.69) is 46.7 Å². The molecule has 2 heterocycles. The second-order valence-electron chi connectivity index (χ2n) is 5.17. The Labute approximate surface area is 133 Å². The molecule has 0 atom stereocenters. The van der Waals surface area contributed by atoms with Crippen molar-refractivity contribution in [3.63, 3.8) is 0 Å². The number of rotatable bonds is 5. The summed E-state index contributed by atoms with van der Waals surface area (Å²) in [6.45, 7) is 2.53. The third-order valence-corrected chi connectivity index (χ3v) is 4.33. The average Bonchev–Trinajstić information content (AvgIpc) is 3.17. The maximum atomic E-state index is 12.0. The van der Waals surface area contributed by atoms with Gasteiger partial charge in [0.25, 0.3) is 0 Å². The van der Waals surface area contributed by atoms with Crippen LogP contribution in [0.3, 0.4) is 0 Å². The molecule has 112 valence electrons. The number of benzene rings is 1. The summed E-state index contributed by atoms with van der Waals surface area (Å²) in [5.74, 6) is 0.0264. The molecule has 0 saturated carbocycles. The van der Waals surface area contributed by atoms with E-state index < -0.39 is 0 Å². The Morgan fingerprint density at radius 3 is 2.82 bits per heavy atom. The molecule has 0 radical (unpaired) electrons. The lowest BCUT2D eigenvalue weighted by Gasteiger charge is -2.06. The van der Waals surface area contributed by atoms with Gasteiger partial charge in [0, 0.05) is 17.0 Å². The average molecular weight is 311 g/mol. The van der Waals surface area contributed by atoms with Gasteiger partial charge in [0.1, 0.15) is 0 Å². The molecule has 3 rings (SSSR count). The van der Waals surface area contributed by atoms with Crippen LogP contribution in [0.4, 0.5) is 0 Å². The molecular weight excluding hydrogens is 294 g/mol. The minimum absolute atomic E-state index is 0.0264. The number of thiophene rings is 1. The van der Waals surface area contributed by atoms with Crippen molar-refractivity contribution in [3.8, 4) is 11.3 Å². The van der Waals surface area contributed by atoms with Gasteiger partial charge < -0.3 is 5.32 Å². The summed E-state index contributed by atoms with van der Waals surface area (Å²) in [6.07, 6.45) is 2.19. The number of aromatic nitrogens is 2. The highest BCUT2D eigenvalue weighted by molar-refractivity contribution is 7.10. The maximum absolute atomic E-state index is 12.0. The summed E-state index contributed by atoms with van der Waals surface area (Å²) in [4.78, 5) is 13.0. The predicted molar refractivity (Wildman–Crippen MR) is 88.6 cm³/mol. The van der Waals surface area contributed by atoms with Crippen molar-refractivity contribution in [1.82, 2.24) is 15.5 Å². The Balaban J connectivity index is 1.65. The fourth-order valence-electron chi connectivity index (χ4n) is 2.24. The molecule has 0 aliphatic heterocycles. The van der Waals surface area contributed by atoms with E-state index in [0.717, 1.165) is 21.7 Å². The van der Waals surface area contributed by atoms with Gasteiger partial charge in [-0.15, -0.1) is 11.3 Å². The summed E-state index contributed by atoms with van der Waals surface area (Å²) < 4.78 is 0. The Kier molecular flexibility index (Phi) is 4.34. The molecule has 3 aromatic rings. The van der Waals surface area contributed by atoms with Gasteiger partial charge in [-0.1, -0.05) is 35.9 Å². The van der Waals surface area contributed by atoms with E-state index in [0.29, 0.717) is 13.0 Å². The lowest BCUT2D eigenvalue weighted by molar-refractivity contribution is -0.120. The molecule has 2 N–H and O–H groups in total. The first kappa shape index (κ1) is 14.5. The molecule has 1 amide bonds. The van der Waals surface area contributed by atoms with Crippen LogP contribution in [0.25, 0.3) is 11.3 Å². The Morgan fingerprint density at radius 2 is 2.09 bits per heavy atom. The number of nitrogens with zero attached hydrogens (tertiary/aromatic N) is 1. The van der Waals surface area contributed by atoms with Crippen molar-refractivity contribution in [1.29, 1.82) is 0 Å². The van der Waals surface area contributed by atoms with Crippen LogP contribution >= 0.6 is 11.3 Å². The van der Waals surface area contributed by atoms with E-state index in [9.17, 15) is 4.79 Å². The predicted octanol–water partition coefficient (Wildman–Crippen LogP) is 3.31. The highest BCUT2D eigenvalue weighted by atomic mass is 32.1. The SMILES string of the molecule is Cc1ccc(-c2[nH]ncc2CNC(=O)Cc2cccs2)cc1. The van der Waals surface area contributed by atoms with Crippen molar-refractivity contribution in [2.45, 2.75) is 19.9 Å². The quantitative estimate of drug-likeness (QED) is 0.759. The summed E-state index contributed by atoms with van der Waals surface area (Å²) in [7, 11) is 0. The molecule has 0 aliphatic carbocycles. The van der Waals surface area contributed by atoms with Gasteiger partial charge in [0.2, 0.25) is 5.91 Å². The number of aryl methyl sites for hydroxylation is 1. The molecule has 0 unspecified atom stereocenters. The van der Waals surface area contributed by atoms with Gasteiger partial charge in [-0.25, -0.2) is 0 Å². The van der Waals surface area contributed by atoms with Gasteiger partial charge in [-0.3, -0.25) is 9.89 Å². The smallest absolute Gasteiger partial charge is 0.225 e. The molecule has 22 heavy (non-hydrogen) atoms. The van der Waals surface area contributed by atoms with Crippen molar-refractivity contribution >= 4 is 17.2 Å². The molecule has 0 fully saturated rings. The molecular formula is C17H17N3OS. The molecule has 4 nitrogen and oxygen atoms in total. The number of hydrogen-bond acceptors (Lipinski definition) is 3. The molecule has 5 heteroatoms. The molecule has 0 bridgehead atoms.